The van der Waals surface area contributed by atoms with Gasteiger partial charge in [-0.05, 0) is 36.7 Å². The minimum absolute atomic E-state index is 0.207. The van der Waals surface area contributed by atoms with Crippen LogP contribution in [0.1, 0.15) is 50.3 Å². The number of rotatable bonds is 2. The molecule has 1 fully saturated rings. The van der Waals surface area contributed by atoms with E-state index in [1.807, 2.05) is 0 Å². The maximum Gasteiger partial charge on any atom is 0.0328 e. The molecular weight excluding hydrogens is 194 g/mol. The second kappa shape index (κ2) is 4.21. The zero-order valence-corrected chi connectivity index (χ0v) is 10.7. The first-order chi connectivity index (χ1) is 7.50. The van der Waals surface area contributed by atoms with Crippen molar-refractivity contribution >= 4 is 0 Å². The third-order valence-corrected chi connectivity index (χ3v) is 4.24. The second-order valence-electron chi connectivity index (χ2n) is 5.92. The largest absolute Gasteiger partial charge is 0.324 e. The van der Waals surface area contributed by atoms with Crippen LogP contribution in [0.2, 0.25) is 0 Å². The van der Waals surface area contributed by atoms with Crippen molar-refractivity contribution in [3.8, 4) is 0 Å². The summed E-state index contributed by atoms with van der Waals surface area (Å²) in [6.07, 6.45) is 3.93. The van der Waals surface area contributed by atoms with Crippen LogP contribution in [0.5, 0.6) is 0 Å². The lowest BCUT2D eigenvalue weighted by Crippen LogP contribution is -2.29. The minimum Gasteiger partial charge on any atom is -0.324 e. The van der Waals surface area contributed by atoms with Gasteiger partial charge in [-0.2, -0.15) is 0 Å². The van der Waals surface area contributed by atoms with E-state index in [0.29, 0.717) is 11.3 Å². The van der Waals surface area contributed by atoms with Crippen molar-refractivity contribution in [2.75, 3.05) is 0 Å². The zero-order valence-electron chi connectivity index (χ0n) is 10.7. The molecule has 1 aliphatic rings. The average molecular weight is 217 g/mol. The number of benzene rings is 1. The first-order valence-corrected chi connectivity index (χ1v) is 6.33. The Hall–Kier alpha value is -0.820. The molecule has 0 heterocycles. The molecule has 2 rings (SSSR count). The smallest absolute Gasteiger partial charge is 0.0328 e. The van der Waals surface area contributed by atoms with Crippen molar-refractivity contribution in [3.05, 3.63) is 35.4 Å². The molecule has 1 aromatic carbocycles. The van der Waals surface area contributed by atoms with E-state index >= 15 is 0 Å². The predicted octanol–water partition coefficient (Wildman–Crippen LogP) is 3.82. The quantitative estimate of drug-likeness (QED) is 0.800. The Labute approximate surface area is 99.0 Å². The second-order valence-corrected chi connectivity index (χ2v) is 5.92. The summed E-state index contributed by atoms with van der Waals surface area (Å²) in [6, 6.07) is 8.91. The van der Waals surface area contributed by atoms with E-state index in [0.717, 1.165) is 0 Å². The van der Waals surface area contributed by atoms with E-state index in [1.54, 1.807) is 0 Å². The molecule has 1 aliphatic carbocycles. The van der Waals surface area contributed by atoms with Gasteiger partial charge in [0.05, 0.1) is 0 Å². The van der Waals surface area contributed by atoms with Gasteiger partial charge in [-0.15, -0.1) is 0 Å². The van der Waals surface area contributed by atoms with Crippen LogP contribution in [0, 0.1) is 18.3 Å². The number of aryl methyl sites for hydroxylation is 1. The van der Waals surface area contributed by atoms with E-state index in [1.165, 1.54) is 30.4 Å². The van der Waals surface area contributed by atoms with E-state index in [-0.39, 0.29) is 6.04 Å². The predicted molar refractivity (Wildman–Crippen MR) is 69.2 cm³/mol. The summed E-state index contributed by atoms with van der Waals surface area (Å²) in [4.78, 5) is 0. The Balaban J connectivity index is 2.18. The van der Waals surface area contributed by atoms with Crippen molar-refractivity contribution in [1.29, 1.82) is 0 Å². The van der Waals surface area contributed by atoms with Gasteiger partial charge in [-0.3, -0.25) is 0 Å². The van der Waals surface area contributed by atoms with Crippen LogP contribution in [0.4, 0.5) is 0 Å². The number of hydrogen-bond acceptors (Lipinski definition) is 1. The van der Waals surface area contributed by atoms with Gasteiger partial charge in [0.15, 0.2) is 0 Å². The first-order valence-electron chi connectivity index (χ1n) is 6.33. The number of hydrogen-bond donors (Lipinski definition) is 1. The molecular formula is C15H23N. The monoisotopic (exact) mass is 217 g/mol. The highest BCUT2D eigenvalue weighted by Gasteiger charge is 2.38. The summed E-state index contributed by atoms with van der Waals surface area (Å²) in [5.74, 6) is 0.634. The van der Waals surface area contributed by atoms with Crippen LogP contribution in [0.25, 0.3) is 0 Å². The fourth-order valence-electron chi connectivity index (χ4n) is 3.04. The molecule has 2 unspecified atom stereocenters. The Morgan fingerprint density at radius 1 is 1.25 bits per heavy atom. The Bertz CT molecular complexity index is 350. The molecule has 1 heteroatoms. The zero-order chi connectivity index (χ0) is 11.8. The van der Waals surface area contributed by atoms with Crippen molar-refractivity contribution in [1.82, 2.24) is 0 Å². The lowest BCUT2D eigenvalue weighted by Gasteiger charge is -2.32. The fourth-order valence-corrected chi connectivity index (χ4v) is 3.04. The van der Waals surface area contributed by atoms with Gasteiger partial charge in [0.25, 0.3) is 0 Å². The maximum absolute atomic E-state index is 6.43. The van der Waals surface area contributed by atoms with Crippen molar-refractivity contribution in [3.63, 3.8) is 0 Å². The van der Waals surface area contributed by atoms with E-state index in [9.17, 15) is 0 Å². The van der Waals surface area contributed by atoms with Gasteiger partial charge < -0.3 is 5.73 Å². The lowest BCUT2D eigenvalue weighted by molar-refractivity contribution is 0.222. The first kappa shape index (κ1) is 11.7. The van der Waals surface area contributed by atoms with Crippen LogP contribution >= 0.6 is 0 Å². The lowest BCUT2D eigenvalue weighted by atomic mass is 9.76. The van der Waals surface area contributed by atoms with Gasteiger partial charge in [-0.25, -0.2) is 0 Å². The van der Waals surface area contributed by atoms with Gasteiger partial charge in [0.2, 0.25) is 0 Å². The average Bonchev–Trinajstić information content (AvgIpc) is 2.58. The van der Waals surface area contributed by atoms with Gasteiger partial charge in [-0.1, -0.05) is 50.1 Å². The van der Waals surface area contributed by atoms with Gasteiger partial charge in [0.1, 0.15) is 0 Å². The molecule has 0 aliphatic heterocycles. The molecule has 2 atom stereocenters. The highest BCUT2D eigenvalue weighted by Crippen LogP contribution is 2.47. The van der Waals surface area contributed by atoms with Crippen molar-refractivity contribution in [2.45, 2.75) is 46.1 Å². The summed E-state index contributed by atoms with van der Waals surface area (Å²) in [7, 11) is 0. The van der Waals surface area contributed by atoms with E-state index in [2.05, 4.69) is 45.0 Å². The standard InChI is InChI=1S/C15H23N/c1-11-6-8-12(9-7-11)14(16)13-5-4-10-15(13,2)3/h6-9,13-14H,4-5,10,16H2,1-3H3. The normalized spacial score (nSPS) is 25.6. The molecule has 1 saturated carbocycles. The molecule has 0 amide bonds. The summed E-state index contributed by atoms with van der Waals surface area (Å²) in [5.41, 5.74) is 9.44. The Morgan fingerprint density at radius 2 is 1.88 bits per heavy atom. The SMILES string of the molecule is Cc1ccc(C(N)C2CCCC2(C)C)cc1. The van der Waals surface area contributed by atoms with Crippen molar-refractivity contribution < 1.29 is 0 Å². The van der Waals surface area contributed by atoms with Crippen LogP contribution in [-0.4, -0.2) is 0 Å². The third-order valence-electron chi connectivity index (χ3n) is 4.24. The van der Waals surface area contributed by atoms with Crippen LogP contribution in [0.15, 0.2) is 24.3 Å². The summed E-state index contributed by atoms with van der Waals surface area (Å²) in [6.45, 7) is 6.84. The van der Waals surface area contributed by atoms with Crippen LogP contribution < -0.4 is 5.73 Å². The summed E-state index contributed by atoms with van der Waals surface area (Å²) < 4.78 is 0. The molecule has 0 aromatic heterocycles. The molecule has 0 spiro atoms. The summed E-state index contributed by atoms with van der Waals surface area (Å²) in [5, 5.41) is 0. The molecule has 0 radical (unpaired) electrons. The highest BCUT2D eigenvalue weighted by molar-refractivity contribution is 5.25. The molecule has 16 heavy (non-hydrogen) atoms. The van der Waals surface area contributed by atoms with E-state index in [4.69, 9.17) is 5.73 Å². The fraction of sp³-hybridized carbons (Fsp3) is 0.600. The molecule has 1 nitrogen and oxygen atoms in total. The van der Waals surface area contributed by atoms with Gasteiger partial charge in [0, 0.05) is 6.04 Å². The Morgan fingerprint density at radius 3 is 2.38 bits per heavy atom. The molecule has 0 saturated heterocycles. The van der Waals surface area contributed by atoms with Crippen molar-refractivity contribution in [2.24, 2.45) is 17.1 Å². The van der Waals surface area contributed by atoms with Crippen LogP contribution in [-0.2, 0) is 0 Å². The van der Waals surface area contributed by atoms with E-state index < -0.39 is 0 Å². The van der Waals surface area contributed by atoms with Crippen LogP contribution in [0.3, 0.4) is 0 Å². The summed E-state index contributed by atoms with van der Waals surface area (Å²) >= 11 is 0. The topological polar surface area (TPSA) is 26.0 Å². The molecule has 2 N–H and O–H groups in total. The molecule has 0 bridgehead atoms. The maximum atomic E-state index is 6.43. The minimum atomic E-state index is 0.207. The molecule has 1 aromatic rings. The Kier molecular flexibility index (Phi) is 3.07. The van der Waals surface area contributed by atoms with Gasteiger partial charge >= 0.3 is 0 Å². The highest BCUT2D eigenvalue weighted by atomic mass is 14.7. The molecule has 88 valence electrons. The number of nitrogens with two attached hydrogens (primary N) is 1. The third kappa shape index (κ3) is 2.15.